The second-order valence-corrected chi connectivity index (χ2v) is 2.81. The van der Waals surface area contributed by atoms with Gasteiger partial charge in [-0.25, -0.2) is 0 Å². The molecule has 1 fully saturated rings. The van der Waals surface area contributed by atoms with E-state index in [-0.39, 0.29) is 19.0 Å². The molecule has 0 radical (unpaired) electrons. The van der Waals surface area contributed by atoms with Crippen molar-refractivity contribution in [2.75, 3.05) is 13.1 Å². The van der Waals surface area contributed by atoms with Crippen molar-refractivity contribution in [3.05, 3.63) is 0 Å². The van der Waals surface area contributed by atoms with Gasteiger partial charge >= 0.3 is 6.98 Å². The summed E-state index contributed by atoms with van der Waals surface area (Å²) < 4.78 is 35.6. The second kappa shape index (κ2) is 2.42. The summed E-state index contributed by atoms with van der Waals surface area (Å²) in [4.78, 5) is 11.7. The summed E-state index contributed by atoms with van der Waals surface area (Å²) in [6.07, 6.45) is 0. The van der Waals surface area contributed by atoms with E-state index in [0.717, 1.165) is 0 Å². The lowest BCUT2D eigenvalue weighted by atomic mass is 9.68. The van der Waals surface area contributed by atoms with Crippen molar-refractivity contribution in [2.45, 2.75) is 12.7 Å². The number of likely N-dealkylation sites (tertiary alicyclic amines) is 1. The summed E-state index contributed by atoms with van der Waals surface area (Å²) in [6.45, 7) is -3.73. The third-order valence-corrected chi connectivity index (χ3v) is 1.89. The Labute approximate surface area is 62.4 Å². The molecule has 1 rings (SSSR count). The van der Waals surface area contributed by atoms with Crippen LogP contribution in [0, 0.1) is 0 Å². The summed E-state index contributed by atoms with van der Waals surface area (Å²) in [5, 5.41) is 0. The molecule has 0 aromatic carbocycles. The van der Waals surface area contributed by atoms with Crippen LogP contribution < -0.4 is 0 Å². The molecule has 1 aliphatic rings. The Hall–Kier alpha value is -0.675. The molecule has 0 aromatic heterocycles. The third-order valence-electron chi connectivity index (χ3n) is 1.89. The highest BCUT2D eigenvalue weighted by Crippen LogP contribution is 2.34. The van der Waals surface area contributed by atoms with Crippen LogP contribution in [0.3, 0.4) is 0 Å². The molecule has 1 amide bonds. The van der Waals surface area contributed by atoms with Gasteiger partial charge in [-0.3, -0.25) is 4.79 Å². The fraction of sp³-hybridized carbons (Fsp3) is 0.800. The quantitative estimate of drug-likeness (QED) is 0.533. The van der Waals surface area contributed by atoms with E-state index in [1.54, 1.807) is 0 Å². The van der Waals surface area contributed by atoms with E-state index in [2.05, 4.69) is 0 Å². The Kier molecular flexibility index (Phi) is 1.86. The summed E-state index contributed by atoms with van der Waals surface area (Å²) in [6, 6.07) is 0. The Morgan fingerprint density at radius 1 is 1.45 bits per heavy atom. The fourth-order valence-electron chi connectivity index (χ4n) is 1.01. The number of halogens is 3. The normalized spacial score (nSPS) is 19.8. The molecule has 0 atom stereocenters. The first-order valence-electron chi connectivity index (χ1n) is 3.36. The van der Waals surface area contributed by atoms with Crippen LogP contribution in [0.25, 0.3) is 0 Å². The fourth-order valence-corrected chi connectivity index (χ4v) is 1.01. The van der Waals surface area contributed by atoms with Gasteiger partial charge in [-0.15, -0.1) is 0 Å². The van der Waals surface area contributed by atoms with Crippen molar-refractivity contribution in [1.82, 2.24) is 4.90 Å². The molecular formula is C5H8BF3NO-. The molecule has 11 heavy (non-hydrogen) atoms. The average molecular weight is 166 g/mol. The third kappa shape index (κ3) is 1.67. The number of amides is 1. The van der Waals surface area contributed by atoms with Crippen molar-refractivity contribution >= 4 is 12.9 Å². The highest BCUT2D eigenvalue weighted by Gasteiger charge is 2.43. The van der Waals surface area contributed by atoms with Gasteiger partial charge in [-0.2, -0.15) is 0 Å². The minimum atomic E-state index is -4.73. The maximum absolute atomic E-state index is 11.9. The zero-order valence-electron chi connectivity index (χ0n) is 6.06. The van der Waals surface area contributed by atoms with E-state index in [9.17, 15) is 17.7 Å². The molecule has 0 N–H and O–H groups in total. The van der Waals surface area contributed by atoms with Gasteiger partial charge in [0.1, 0.15) is 0 Å². The smallest absolute Gasteiger partial charge is 0.449 e. The molecule has 6 heteroatoms. The predicted octanol–water partition coefficient (Wildman–Crippen LogP) is 1.07. The zero-order chi connectivity index (χ0) is 8.65. The Morgan fingerprint density at radius 3 is 2.18 bits per heavy atom. The van der Waals surface area contributed by atoms with Crippen molar-refractivity contribution < 1.29 is 17.7 Å². The number of hydrogen-bond acceptors (Lipinski definition) is 1. The monoisotopic (exact) mass is 166 g/mol. The van der Waals surface area contributed by atoms with Crippen LogP contribution >= 0.6 is 0 Å². The molecule has 1 saturated heterocycles. The number of nitrogens with zero attached hydrogens (tertiary/aromatic N) is 1. The molecule has 1 heterocycles. The lowest BCUT2D eigenvalue weighted by molar-refractivity contribution is -0.132. The van der Waals surface area contributed by atoms with Gasteiger partial charge in [-0.05, 0) is 5.82 Å². The van der Waals surface area contributed by atoms with Crippen LogP contribution in [0.5, 0.6) is 0 Å². The Balaban J connectivity index is 2.35. The molecule has 64 valence electrons. The zero-order valence-corrected chi connectivity index (χ0v) is 6.06. The van der Waals surface area contributed by atoms with Crippen LogP contribution in [0.4, 0.5) is 12.9 Å². The lowest BCUT2D eigenvalue weighted by Crippen LogP contribution is -2.53. The van der Waals surface area contributed by atoms with Gasteiger partial charge in [-0.1, -0.05) is 0 Å². The van der Waals surface area contributed by atoms with Gasteiger partial charge in [0.15, 0.2) is 0 Å². The average Bonchev–Trinajstić information content (AvgIpc) is 1.51. The Bertz CT molecular complexity index is 175. The van der Waals surface area contributed by atoms with E-state index < -0.39 is 12.8 Å². The minimum absolute atomic E-state index is 0.140. The van der Waals surface area contributed by atoms with Gasteiger partial charge < -0.3 is 17.8 Å². The number of carbonyl (C=O) groups excluding carboxylic acids is 1. The highest BCUT2D eigenvalue weighted by atomic mass is 19.4. The Morgan fingerprint density at radius 2 is 1.91 bits per heavy atom. The van der Waals surface area contributed by atoms with Crippen LogP contribution in [0.2, 0.25) is 5.82 Å². The summed E-state index contributed by atoms with van der Waals surface area (Å²) in [5.74, 6) is -1.51. The van der Waals surface area contributed by atoms with Crippen LogP contribution in [-0.4, -0.2) is 30.9 Å². The van der Waals surface area contributed by atoms with Gasteiger partial charge in [0.2, 0.25) is 5.91 Å². The molecule has 1 aliphatic heterocycles. The maximum atomic E-state index is 11.9. The van der Waals surface area contributed by atoms with E-state index in [1.165, 1.54) is 11.8 Å². The SMILES string of the molecule is CC(=O)N1CC([B-](F)(F)F)C1. The molecule has 0 saturated carbocycles. The summed E-state index contributed by atoms with van der Waals surface area (Å²) in [7, 11) is 0. The van der Waals surface area contributed by atoms with E-state index >= 15 is 0 Å². The number of hydrogen-bond donors (Lipinski definition) is 0. The first-order valence-corrected chi connectivity index (χ1v) is 3.36. The van der Waals surface area contributed by atoms with Crippen LogP contribution in [0.1, 0.15) is 6.92 Å². The van der Waals surface area contributed by atoms with E-state index in [1.807, 2.05) is 0 Å². The van der Waals surface area contributed by atoms with Gasteiger partial charge in [0.25, 0.3) is 0 Å². The topological polar surface area (TPSA) is 20.3 Å². The standard InChI is InChI=1S/C5H8BF3NO/c1-4(11)10-2-5(3-10)6(7,8)9/h5H,2-3H2,1H3/q-1. The van der Waals surface area contributed by atoms with Crippen LogP contribution in [0.15, 0.2) is 0 Å². The molecule has 0 aromatic rings. The molecule has 0 spiro atoms. The number of carbonyl (C=O) groups is 1. The first kappa shape index (κ1) is 8.42. The van der Waals surface area contributed by atoms with Crippen molar-refractivity contribution in [3.63, 3.8) is 0 Å². The molecule has 0 unspecified atom stereocenters. The van der Waals surface area contributed by atoms with Crippen molar-refractivity contribution in [3.8, 4) is 0 Å². The van der Waals surface area contributed by atoms with Gasteiger partial charge in [0.05, 0.1) is 0 Å². The van der Waals surface area contributed by atoms with E-state index in [0.29, 0.717) is 0 Å². The number of rotatable bonds is 1. The maximum Gasteiger partial charge on any atom is 0.484 e. The van der Waals surface area contributed by atoms with Crippen LogP contribution in [-0.2, 0) is 4.79 Å². The molecule has 0 aliphatic carbocycles. The largest absolute Gasteiger partial charge is 0.484 e. The second-order valence-electron chi connectivity index (χ2n) is 2.81. The molecular weight excluding hydrogens is 158 g/mol. The lowest BCUT2D eigenvalue weighted by Gasteiger charge is -2.44. The molecule has 0 bridgehead atoms. The molecule has 2 nitrogen and oxygen atoms in total. The first-order chi connectivity index (χ1) is 4.91. The van der Waals surface area contributed by atoms with Gasteiger partial charge in [0, 0.05) is 20.0 Å². The van der Waals surface area contributed by atoms with Crippen molar-refractivity contribution in [1.29, 1.82) is 0 Å². The van der Waals surface area contributed by atoms with Crippen molar-refractivity contribution in [2.24, 2.45) is 0 Å². The summed E-state index contributed by atoms with van der Waals surface area (Å²) >= 11 is 0. The highest BCUT2D eigenvalue weighted by molar-refractivity contribution is 6.60. The predicted molar refractivity (Wildman–Crippen MR) is 35.1 cm³/mol. The minimum Gasteiger partial charge on any atom is -0.449 e. The van der Waals surface area contributed by atoms with E-state index in [4.69, 9.17) is 0 Å². The summed E-state index contributed by atoms with van der Waals surface area (Å²) in [5.41, 5.74) is 0.